The summed E-state index contributed by atoms with van der Waals surface area (Å²) in [7, 11) is 0. The highest BCUT2D eigenvalue weighted by Gasteiger charge is 2.16. The molecule has 0 saturated heterocycles. The summed E-state index contributed by atoms with van der Waals surface area (Å²) in [4.78, 5) is 20.5. The second-order valence-electron chi connectivity index (χ2n) is 2.26. The third-order valence-electron chi connectivity index (χ3n) is 1.19. The molecule has 5 nitrogen and oxygen atoms in total. The average Bonchev–Trinajstić information content (AvgIpc) is 1.98. The van der Waals surface area contributed by atoms with Gasteiger partial charge in [0.1, 0.15) is 6.04 Å². The van der Waals surface area contributed by atoms with Crippen molar-refractivity contribution in [2.75, 3.05) is 5.75 Å². The van der Waals surface area contributed by atoms with Crippen LogP contribution in [0.25, 0.3) is 0 Å². The Hall–Kier alpha value is -0.460. The molecule has 4 N–H and O–H groups in total. The van der Waals surface area contributed by atoms with Crippen LogP contribution in [0, 0.1) is 0 Å². The number of hydrogen-bond acceptors (Lipinski definition) is 4. The molecular weight excluding hydrogens is 218 g/mol. The number of carbonyl (C=O) groups is 2. The molecular formula is C6H12ClNO4S. The Morgan fingerprint density at radius 3 is 2.15 bits per heavy atom. The van der Waals surface area contributed by atoms with Gasteiger partial charge in [-0.2, -0.15) is 0 Å². The number of rotatable bonds is 5. The summed E-state index contributed by atoms with van der Waals surface area (Å²) < 4.78 is 0. The van der Waals surface area contributed by atoms with Gasteiger partial charge >= 0.3 is 11.9 Å². The van der Waals surface area contributed by atoms with Crippen molar-refractivity contribution in [1.82, 2.24) is 0 Å². The molecule has 0 rings (SSSR count). The van der Waals surface area contributed by atoms with Crippen molar-refractivity contribution in [3.8, 4) is 0 Å². The highest BCUT2D eigenvalue weighted by atomic mass is 35.5. The van der Waals surface area contributed by atoms with Crippen molar-refractivity contribution >= 4 is 36.1 Å². The van der Waals surface area contributed by atoms with Crippen molar-refractivity contribution in [2.45, 2.75) is 18.2 Å². The predicted octanol–water partition coefficient (Wildman–Crippen LogP) is 0.0264. The lowest BCUT2D eigenvalue weighted by molar-refractivity contribution is -0.138. The van der Waals surface area contributed by atoms with Crippen molar-refractivity contribution < 1.29 is 19.8 Å². The van der Waals surface area contributed by atoms with Crippen LogP contribution >= 0.6 is 24.2 Å². The molecule has 1 unspecified atom stereocenters. The Morgan fingerprint density at radius 1 is 1.38 bits per heavy atom. The van der Waals surface area contributed by atoms with Gasteiger partial charge in [-0.05, 0) is 6.92 Å². The zero-order valence-electron chi connectivity index (χ0n) is 6.97. The molecule has 0 aliphatic heterocycles. The molecule has 2 atom stereocenters. The largest absolute Gasteiger partial charge is 0.480 e. The molecule has 0 aromatic heterocycles. The number of carboxylic acid groups (broad SMARTS) is 2. The molecule has 0 fully saturated rings. The summed E-state index contributed by atoms with van der Waals surface area (Å²) in [6.45, 7) is 1.49. The van der Waals surface area contributed by atoms with E-state index in [1.54, 1.807) is 0 Å². The zero-order chi connectivity index (χ0) is 9.72. The van der Waals surface area contributed by atoms with Gasteiger partial charge in [-0.3, -0.25) is 9.59 Å². The van der Waals surface area contributed by atoms with Crippen LogP contribution in [0.1, 0.15) is 6.92 Å². The molecule has 0 bridgehead atoms. The standard InChI is InChI=1S/C6H11NO4S.ClH/c1-3(5(8)9)12-2-4(7)6(10)11;/h3-4H,2,7H2,1H3,(H,8,9)(H,10,11);1H/t3?,4-;/m0./s1. The van der Waals surface area contributed by atoms with Crippen LogP contribution in [0.3, 0.4) is 0 Å². The van der Waals surface area contributed by atoms with Gasteiger partial charge in [0.05, 0.1) is 5.25 Å². The first-order valence-electron chi connectivity index (χ1n) is 3.28. The Kier molecular flexibility index (Phi) is 8.09. The zero-order valence-corrected chi connectivity index (χ0v) is 8.60. The van der Waals surface area contributed by atoms with Gasteiger partial charge in [-0.1, -0.05) is 0 Å². The van der Waals surface area contributed by atoms with Gasteiger partial charge in [0, 0.05) is 5.75 Å². The minimum Gasteiger partial charge on any atom is -0.480 e. The van der Waals surface area contributed by atoms with Gasteiger partial charge in [-0.25, -0.2) is 0 Å². The molecule has 0 aromatic carbocycles. The number of aliphatic carboxylic acids is 2. The fraction of sp³-hybridized carbons (Fsp3) is 0.667. The van der Waals surface area contributed by atoms with Crippen LogP contribution in [0.5, 0.6) is 0 Å². The summed E-state index contributed by atoms with van der Waals surface area (Å²) in [5, 5.41) is 16.2. The Bertz CT molecular complexity index is 169. The molecule has 0 saturated carbocycles. The van der Waals surface area contributed by atoms with Crippen LogP contribution in [-0.2, 0) is 9.59 Å². The van der Waals surface area contributed by atoms with Gasteiger partial charge < -0.3 is 15.9 Å². The van der Waals surface area contributed by atoms with E-state index in [0.29, 0.717) is 0 Å². The summed E-state index contributed by atoms with van der Waals surface area (Å²) in [6.07, 6.45) is 0. The lowest BCUT2D eigenvalue weighted by atomic mass is 10.4. The topological polar surface area (TPSA) is 101 Å². The van der Waals surface area contributed by atoms with E-state index in [1.807, 2.05) is 0 Å². The van der Waals surface area contributed by atoms with E-state index in [2.05, 4.69) is 0 Å². The fourth-order valence-electron chi connectivity index (χ4n) is 0.391. The molecule has 0 aromatic rings. The quantitative estimate of drug-likeness (QED) is 0.615. The predicted molar refractivity (Wildman–Crippen MR) is 52.4 cm³/mol. The van der Waals surface area contributed by atoms with Crippen LogP contribution in [0.2, 0.25) is 0 Å². The van der Waals surface area contributed by atoms with E-state index < -0.39 is 23.2 Å². The number of halogens is 1. The van der Waals surface area contributed by atoms with Gasteiger partial charge in [0.15, 0.2) is 0 Å². The van der Waals surface area contributed by atoms with Crippen LogP contribution in [0.4, 0.5) is 0 Å². The van der Waals surface area contributed by atoms with Crippen LogP contribution in [0.15, 0.2) is 0 Å². The Labute approximate surface area is 86.1 Å². The normalized spacial score (nSPS) is 14.0. The lowest BCUT2D eigenvalue weighted by Crippen LogP contribution is -2.33. The minimum absolute atomic E-state index is 0. The van der Waals surface area contributed by atoms with E-state index in [1.165, 1.54) is 6.92 Å². The maximum atomic E-state index is 10.3. The van der Waals surface area contributed by atoms with Crippen molar-refractivity contribution in [3.05, 3.63) is 0 Å². The first-order valence-corrected chi connectivity index (χ1v) is 4.32. The molecule has 78 valence electrons. The Morgan fingerprint density at radius 2 is 1.85 bits per heavy atom. The van der Waals surface area contributed by atoms with Crippen LogP contribution in [-0.4, -0.2) is 39.2 Å². The van der Waals surface area contributed by atoms with E-state index in [4.69, 9.17) is 15.9 Å². The van der Waals surface area contributed by atoms with Gasteiger partial charge in [-0.15, -0.1) is 24.2 Å². The molecule has 0 aliphatic carbocycles. The number of nitrogens with two attached hydrogens (primary N) is 1. The summed E-state index contributed by atoms with van der Waals surface area (Å²) >= 11 is 1.02. The molecule has 0 spiro atoms. The number of hydrogen-bond donors (Lipinski definition) is 3. The van der Waals surface area contributed by atoms with E-state index in [0.717, 1.165) is 11.8 Å². The lowest BCUT2D eigenvalue weighted by Gasteiger charge is -2.08. The second kappa shape index (κ2) is 6.99. The first-order chi connectivity index (χ1) is 5.45. The second-order valence-corrected chi connectivity index (χ2v) is 3.63. The first kappa shape index (κ1) is 15.0. The average molecular weight is 230 g/mol. The minimum atomic E-state index is -1.11. The molecule has 0 heterocycles. The van der Waals surface area contributed by atoms with Gasteiger partial charge in [0.25, 0.3) is 0 Å². The molecule has 0 aliphatic rings. The van der Waals surface area contributed by atoms with E-state index >= 15 is 0 Å². The maximum Gasteiger partial charge on any atom is 0.321 e. The summed E-state index contributed by atoms with van der Waals surface area (Å²) in [6, 6.07) is -0.989. The van der Waals surface area contributed by atoms with Crippen molar-refractivity contribution in [1.29, 1.82) is 0 Å². The SMILES string of the molecule is CC(SC[C@H](N)C(=O)O)C(=O)O.Cl. The van der Waals surface area contributed by atoms with E-state index in [-0.39, 0.29) is 18.2 Å². The fourth-order valence-corrected chi connectivity index (χ4v) is 1.17. The third-order valence-corrected chi connectivity index (χ3v) is 2.44. The summed E-state index contributed by atoms with van der Waals surface area (Å²) in [5.74, 6) is -1.96. The van der Waals surface area contributed by atoms with E-state index in [9.17, 15) is 9.59 Å². The monoisotopic (exact) mass is 229 g/mol. The maximum absolute atomic E-state index is 10.3. The summed E-state index contributed by atoms with van der Waals surface area (Å²) in [5.41, 5.74) is 5.15. The molecule has 0 radical (unpaired) electrons. The van der Waals surface area contributed by atoms with Crippen molar-refractivity contribution in [3.63, 3.8) is 0 Å². The molecule has 13 heavy (non-hydrogen) atoms. The molecule has 0 amide bonds. The number of carboxylic acids is 2. The number of thioether (sulfide) groups is 1. The molecule has 7 heteroatoms. The smallest absolute Gasteiger partial charge is 0.321 e. The Balaban J connectivity index is 0. The highest BCUT2D eigenvalue weighted by molar-refractivity contribution is 8.00. The van der Waals surface area contributed by atoms with Crippen LogP contribution < -0.4 is 5.73 Å². The van der Waals surface area contributed by atoms with Crippen molar-refractivity contribution in [2.24, 2.45) is 5.73 Å². The third kappa shape index (κ3) is 6.68. The highest BCUT2D eigenvalue weighted by Crippen LogP contribution is 2.10. The van der Waals surface area contributed by atoms with Gasteiger partial charge in [0.2, 0.25) is 0 Å².